The molecule has 3 aliphatic heterocycles. The van der Waals surface area contributed by atoms with Gasteiger partial charge in [-0.15, -0.1) is 0 Å². The quantitative estimate of drug-likeness (QED) is 0.100. The molecule has 3 fully saturated rings. The number of amides is 1. The first-order chi connectivity index (χ1) is 20.1. The number of carbonyl (C=O) groups is 2. The number of ether oxygens (including phenoxy) is 5. The molecule has 0 aromatic carbocycles. The Kier molecular flexibility index (Phi) is 12.1. The molecule has 0 spiro atoms. The summed E-state index contributed by atoms with van der Waals surface area (Å²) < 4.78 is 26.8. The standard InChI is InChI=1S/C23H39NO19/c1-6(28)24-11-7(29)2-23(22(37)38,42-18(11)12(31)8(30)3-25)43-19-13(32)9(4-26)40-21(16(19)35)41-17-10(5-27)39-20(36)15(34)14(17)33/h7-21,25-27,29-36H,2-5H2,1H3,(H,24,28)(H,37,38)/t7-,8-,9?,10?,11-,12-,13+,14?,15+,16+,17-,18?,19?,20-,21?,23+/m1/s1. The summed E-state index contributed by atoms with van der Waals surface area (Å²) in [6, 6.07) is -1.54. The van der Waals surface area contributed by atoms with E-state index in [0.29, 0.717) is 0 Å². The van der Waals surface area contributed by atoms with Crippen molar-refractivity contribution in [2.45, 2.75) is 111 Å². The second-order valence-corrected chi connectivity index (χ2v) is 10.5. The molecule has 0 aliphatic carbocycles. The molecule has 0 aromatic heterocycles. The third-order valence-electron chi connectivity index (χ3n) is 7.47. The van der Waals surface area contributed by atoms with Crippen LogP contribution in [0.5, 0.6) is 0 Å². The van der Waals surface area contributed by atoms with Gasteiger partial charge in [0.2, 0.25) is 5.91 Å². The normalized spacial score (nSPS) is 45.3. The van der Waals surface area contributed by atoms with Crippen LogP contribution in [-0.4, -0.2) is 191 Å². The Hall–Kier alpha value is -1.70. The molecule has 16 atom stereocenters. The van der Waals surface area contributed by atoms with Crippen LogP contribution >= 0.6 is 0 Å². The fraction of sp³-hybridized carbons (Fsp3) is 0.913. The Morgan fingerprint density at radius 3 is 2.07 bits per heavy atom. The zero-order chi connectivity index (χ0) is 32.4. The number of carboxylic acid groups (broad SMARTS) is 1. The first-order valence-corrected chi connectivity index (χ1v) is 13.2. The van der Waals surface area contributed by atoms with Crippen LogP contribution in [0.15, 0.2) is 0 Å². The van der Waals surface area contributed by atoms with E-state index < -0.39 is 136 Å². The minimum absolute atomic E-state index is 0.749. The molecule has 20 nitrogen and oxygen atoms in total. The minimum atomic E-state index is -3.02. The van der Waals surface area contributed by atoms with Crippen molar-refractivity contribution in [1.82, 2.24) is 5.32 Å². The van der Waals surface area contributed by atoms with Crippen molar-refractivity contribution in [3.05, 3.63) is 0 Å². The number of nitrogens with one attached hydrogen (secondary N) is 1. The summed E-state index contributed by atoms with van der Waals surface area (Å²) >= 11 is 0. The zero-order valence-corrected chi connectivity index (χ0v) is 22.7. The van der Waals surface area contributed by atoms with Crippen LogP contribution in [0.2, 0.25) is 0 Å². The molecule has 3 saturated heterocycles. The Morgan fingerprint density at radius 1 is 0.907 bits per heavy atom. The lowest BCUT2D eigenvalue weighted by Crippen LogP contribution is -2.70. The molecule has 6 unspecified atom stereocenters. The van der Waals surface area contributed by atoms with Gasteiger partial charge in [0.1, 0.15) is 67.1 Å². The molecule has 20 heteroatoms. The summed E-state index contributed by atoms with van der Waals surface area (Å²) in [7, 11) is 0. The van der Waals surface area contributed by atoms with E-state index in [9.17, 15) is 70.9 Å². The van der Waals surface area contributed by atoms with Crippen LogP contribution in [0.1, 0.15) is 13.3 Å². The molecule has 0 radical (unpaired) electrons. The number of carbonyl (C=O) groups excluding carboxylic acids is 1. The van der Waals surface area contributed by atoms with Crippen molar-refractivity contribution in [1.29, 1.82) is 0 Å². The number of aliphatic carboxylic acids is 1. The first kappa shape index (κ1) is 35.8. The van der Waals surface area contributed by atoms with E-state index in [-0.39, 0.29) is 0 Å². The van der Waals surface area contributed by atoms with Crippen LogP contribution in [-0.2, 0) is 33.3 Å². The van der Waals surface area contributed by atoms with Crippen molar-refractivity contribution < 1.29 is 94.6 Å². The SMILES string of the molecule is CC(=O)N[C@H]1C([C@H](O)[C@H](O)CO)O[C@@](OC2[C@H](O)C(O[C@@H]3C(CO)O[C@@H](O)[C@@H](O)C3O)OC(CO)[C@@H]2O)(C(=O)O)C[C@H]1O. The van der Waals surface area contributed by atoms with Crippen molar-refractivity contribution in [2.75, 3.05) is 19.8 Å². The maximum atomic E-state index is 12.5. The number of rotatable bonds is 11. The van der Waals surface area contributed by atoms with E-state index in [1.165, 1.54) is 0 Å². The molecule has 43 heavy (non-hydrogen) atoms. The third-order valence-corrected chi connectivity index (χ3v) is 7.47. The van der Waals surface area contributed by atoms with Gasteiger partial charge in [0.25, 0.3) is 5.79 Å². The second kappa shape index (κ2) is 14.6. The van der Waals surface area contributed by atoms with Crippen LogP contribution < -0.4 is 5.32 Å². The van der Waals surface area contributed by atoms with Gasteiger partial charge in [-0.3, -0.25) is 4.79 Å². The van der Waals surface area contributed by atoms with Crippen molar-refractivity contribution in [3.63, 3.8) is 0 Å². The fourth-order valence-corrected chi connectivity index (χ4v) is 5.16. The highest BCUT2D eigenvalue weighted by molar-refractivity contribution is 5.76. The smallest absolute Gasteiger partial charge is 0.364 e. The highest BCUT2D eigenvalue weighted by Gasteiger charge is 2.60. The summed E-state index contributed by atoms with van der Waals surface area (Å²) in [6.07, 6.45) is -27.8. The Labute approximate surface area is 243 Å². The minimum Gasteiger partial charge on any atom is -0.477 e. The fourth-order valence-electron chi connectivity index (χ4n) is 5.16. The van der Waals surface area contributed by atoms with Gasteiger partial charge >= 0.3 is 5.97 Å². The van der Waals surface area contributed by atoms with Gasteiger partial charge in [-0.05, 0) is 0 Å². The van der Waals surface area contributed by atoms with Crippen molar-refractivity contribution >= 4 is 11.9 Å². The molecule has 0 aromatic rings. The number of aliphatic hydroxyl groups is 11. The van der Waals surface area contributed by atoms with Gasteiger partial charge in [0.05, 0.1) is 32.0 Å². The average molecular weight is 634 g/mol. The molecule has 3 rings (SSSR count). The summed E-state index contributed by atoms with van der Waals surface area (Å²) in [6.45, 7) is -1.85. The average Bonchev–Trinajstić information content (AvgIpc) is 2.96. The lowest BCUT2D eigenvalue weighted by Gasteiger charge is -2.50. The molecular weight excluding hydrogens is 594 g/mol. The number of hydrogen-bond donors (Lipinski definition) is 13. The van der Waals surface area contributed by atoms with E-state index in [1.54, 1.807) is 0 Å². The summed E-state index contributed by atoms with van der Waals surface area (Å²) in [5.74, 6) is -5.74. The van der Waals surface area contributed by atoms with Crippen LogP contribution in [0.25, 0.3) is 0 Å². The maximum Gasteiger partial charge on any atom is 0.364 e. The third kappa shape index (κ3) is 7.41. The van der Waals surface area contributed by atoms with E-state index in [0.717, 1.165) is 6.92 Å². The van der Waals surface area contributed by atoms with E-state index in [2.05, 4.69) is 5.32 Å². The Balaban J connectivity index is 1.94. The van der Waals surface area contributed by atoms with Crippen molar-refractivity contribution in [2.24, 2.45) is 0 Å². The van der Waals surface area contributed by atoms with Crippen LogP contribution in [0.3, 0.4) is 0 Å². The predicted molar refractivity (Wildman–Crippen MR) is 130 cm³/mol. The molecule has 13 N–H and O–H groups in total. The lowest BCUT2D eigenvalue weighted by molar-refractivity contribution is -0.385. The summed E-state index contributed by atoms with van der Waals surface area (Å²) in [5, 5.41) is 124. The number of carboxylic acids is 1. The van der Waals surface area contributed by atoms with E-state index in [4.69, 9.17) is 23.7 Å². The molecule has 250 valence electrons. The van der Waals surface area contributed by atoms with Gasteiger partial charge in [-0.2, -0.15) is 0 Å². The maximum absolute atomic E-state index is 12.5. The second-order valence-electron chi connectivity index (χ2n) is 10.5. The zero-order valence-electron chi connectivity index (χ0n) is 22.7. The summed E-state index contributed by atoms with van der Waals surface area (Å²) in [4.78, 5) is 24.3. The van der Waals surface area contributed by atoms with Crippen LogP contribution in [0, 0.1) is 0 Å². The Morgan fingerprint density at radius 2 is 1.53 bits per heavy atom. The highest BCUT2D eigenvalue weighted by atomic mass is 16.8. The van der Waals surface area contributed by atoms with Crippen LogP contribution in [0.4, 0.5) is 0 Å². The largest absolute Gasteiger partial charge is 0.477 e. The van der Waals surface area contributed by atoms with Gasteiger partial charge in [0.15, 0.2) is 12.6 Å². The van der Waals surface area contributed by atoms with Gasteiger partial charge in [0, 0.05) is 13.3 Å². The molecule has 3 heterocycles. The predicted octanol–water partition coefficient (Wildman–Crippen LogP) is -8.22. The van der Waals surface area contributed by atoms with Crippen molar-refractivity contribution in [3.8, 4) is 0 Å². The molecular formula is C23H39NO19. The molecule has 0 saturated carbocycles. The molecule has 3 aliphatic rings. The first-order valence-electron chi connectivity index (χ1n) is 13.2. The van der Waals surface area contributed by atoms with Gasteiger partial charge < -0.3 is 90.3 Å². The van der Waals surface area contributed by atoms with E-state index in [1.807, 2.05) is 0 Å². The van der Waals surface area contributed by atoms with E-state index >= 15 is 0 Å². The summed E-state index contributed by atoms with van der Waals surface area (Å²) in [5.41, 5.74) is 0. The molecule has 0 bridgehead atoms. The highest BCUT2D eigenvalue weighted by Crippen LogP contribution is 2.38. The number of hydrogen-bond acceptors (Lipinski definition) is 18. The lowest BCUT2D eigenvalue weighted by atomic mass is 9.88. The Bertz CT molecular complexity index is 942. The van der Waals surface area contributed by atoms with Gasteiger partial charge in [-0.1, -0.05) is 0 Å². The topological polar surface area (TPSA) is 335 Å². The number of aliphatic hydroxyl groups excluding tert-OH is 11. The molecule has 1 amide bonds. The van der Waals surface area contributed by atoms with Gasteiger partial charge in [-0.25, -0.2) is 4.79 Å². The monoisotopic (exact) mass is 633 g/mol.